The summed E-state index contributed by atoms with van der Waals surface area (Å²) in [6, 6.07) is 10.7. The highest BCUT2D eigenvalue weighted by Crippen LogP contribution is 2.33. The Labute approximate surface area is 146 Å². The molecular formula is C20H31N3O. The molecule has 0 unspecified atom stereocenters. The van der Waals surface area contributed by atoms with E-state index in [1.807, 2.05) is 19.0 Å². The summed E-state index contributed by atoms with van der Waals surface area (Å²) in [6.07, 6.45) is 5.68. The van der Waals surface area contributed by atoms with E-state index in [2.05, 4.69) is 40.1 Å². The fourth-order valence-corrected chi connectivity index (χ4v) is 4.33. The lowest BCUT2D eigenvalue weighted by Crippen LogP contribution is -2.63. The molecule has 132 valence electrons. The van der Waals surface area contributed by atoms with Crippen molar-refractivity contribution in [1.82, 2.24) is 14.7 Å². The molecule has 0 N–H and O–H groups in total. The second kappa shape index (κ2) is 7.66. The van der Waals surface area contributed by atoms with Crippen molar-refractivity contribution >= 4 is 5.91 Å². The molecule has 2 aliphatic rings. The van der Waals surface area contributed by atoms with Crippen molar-refractivity contribution < 1.29 is 4.79 Å². The maximum Gasteiger partial charge on any atom is 0.242 e. The van der Waals surface area contributed by atoms with E-state index in [1.165, 1.54) is 24.8 Å². The summed E-state index contributed by atoms with van der Waals surface area (Å²) in [5.41, 5.74) is 1.10. The lowest BCUT2D eigenvalue weighted by atomic mass is 9.82. The van der Waals surface area contributed by atoms with Gasteiger partial charge in [-0.25, -0.2) is 0 Å². The zero-order chi connectivity index (χ0) is 17.0. The monoisotopic (exact) mass is 329 g/mol. The Hall–Kier alpha value is -1.39. The van der Waals surface area contributed by atoms with Crippen molar-refractivity contribution in [3.63, 3.8) is 0 Å². The Morgan fingerprint density at radius 3 is 2.21 bits per heavy atom. The number of rotatable bonds is 4. The molecule has 2 aliphatic heterocycles. The summed E-state index contributed by atoms with van der Waals surface area (Å²) >= 11 is 0. The van der Waals surface area contributed by atoms with Crippen LogP contribution in [0.4, 0.5) is 0 Å². The van der Waals surface area contributed by atoms with Crippen LogP contribution >= 0.6 is 0 Å². The first-order valence-corrected chi connectivity index (χ1v) is 9.35. The minimum atomic E-state index is -0.267. The first-order chi connectivity index (χ1) is 11.6. The predicted molar refractivity (Wildman–Crippen MR) is 97.8 cm³/mol. The van der Waals surface area contributed by atoms with Gasteiger partial charge in [0, 0.05) is 33.7 Å². The molecule has 2 saturated heterocycles. The van der Waals surface area contributed by atoms with Gasteiger partial charge in [0.15, 0.2) is 0 Å². The van der Waals surface area contributed by atoms with E-state index >= 15 is 0 Å². The topological polar surface area (TPSA) is 26.8 Å². The van der Waals surface area contributed by atoms with Crippen molar-refractivity contribution in [2.24, 2.45) is 0 Å². The maximum absolute atomic E-state index is 13.0. The number of benzene rings is 1. The number of piperidine rings is 2. The van der Waals surface area contributed by atoms with Gasteiger partial charge in [0.25, 0.3) is 0 Å². The molecule has 0 bridgehead atoms. The molecule has 0 aliphatic carbocycles. The number of nitrogens with zero attached hydrogens (tertiary/aromatic N) is 3. The predicted octanol–water partition coefficient (Wildman–Crippen LogP) is 2.60. The van der Waals surface area contributed by atoms with Gasteiger partial charge in [-0.15, -0.1) is 0 Å². The van der Waals surface area contributed by atoms with Crippen LogP contribution in [-0.4, -0.2) is 66.4 Å². The van der Waals surface area contributed by atoms with Crippen LogP contribution in [0.3, 0.4) is 0 Å². The Bertz CT molecular complexity index is 529. The number of hydrogen-bond acceptors (Lipinski definition) is 3. The Kier molecular flexibility index (Phi) is 5.57. The van der Waals surface area contributed by atoms with Gasteiger partial charge >= 0.3 is 0 Å². The van der Waals surface area contributed by atoms with E-state index in [1.54, 1.807) is 0 Å². The normalized spacial score (nSPS) is 22.2. The average molecular weight is 329 g/mol. The molecular weight excluding hydrogens is 298 g/mol. The fourth-order valence-electron chi connectivity index (χ4n) is 4.33. The molecule has 0 radical (unpaired) electrons. The molecule has 0 spiro atoms. The van der Waals surface area contributed by atoms with Crippen LogP contribution in [0.5, 0.6) is 0 Å². The van der Waals surface area contributed by atoms with Crippen molar-refractivity contribution in [3.05, 3.63) is 35.9 Å². The molecule has 3 rings (SSSR count). The molecule has 2 heterocycles. The maximum atomic E-state index is 13.0. The third-order valence-electron chi connectivity index (χ3n) is 5.70. The van der Waals surface area contributed by atoms with E-state index in [9.17, 15) is 4.79 Å². The Morgan fingerprint density at radius 1 is 1.00 bits per heavy atom. The number of hydrogen-bond donors (Lipinski definition) is 0. The number of likely N-dealkylation sites (N-methyl/N-ethyl adjacent to an activating group) is 1. The van der Waals surface area contributed by atoms with E-state index in [0.717, 1.165) is 45.6 Å². The van der Waals surface area contributed by atoms with Crippen LogP contribution in [0.15, 0.2) is 30.3 Å². The van der Waals surface area contributed by atoms with Gasteiger partial charge in [-0.2, -0.15) is 0 Å². The van der Waals surface area contributed by atoms with E-state index in [-0.39, 0.29) is 5.54 Å². The molecule has 1 aromatic carbocycles. The molecule has 0 atom stereocenters. The molecule has 4 heteroatoms. The standard InChI is InChI=1S/C20H31N3O/c1-21(2)19(24)20(23-13-7-4-8-14-23)11-15-22(16-12-20)17-18-9-5-3-6-10-18/h3,5-6,9-10H,4,7-8,11-17H2,1-2H3. The molecule has 4 nitrogen and oxygen atoms in total. The van der Waals surface area contributed by atoms with Gasteiger partial charge in [-0.3, -0.25) is 14.6 Å². The second-order valence-corrected chi connectivity index (χ2v) is 7.54. The number of carbonyl (C=O) groups is 1. The van der Waals surface area contributed by atoms with Gasteiger partial charge in [0.05, 0.1) is 0 Å². The highest BCUT2D eigenvalue weighted by molar-refractivity contribution is 5.86. The number of carbonyl (C=O) groups excluding carboxylic acids is 1. The van der Waals surface area contributed by atoms with Crippen LogP contribution in [0, 0.1) is 0 Å². The lowest BCUT2D eigenvalue weighted by Gasteiger charge is -2.49. The highest BCUT2D eigenvalue weighted by atomic mass is 16.2. The van der Waals surface area contributed by atoms with E-state index in [4.69, 9.17) is 0 Å². The van der Waals surface area contributed by atoms with Gasteiger partial charge < -0.3 is 4.90 Å². The van der Waals surface area contributed by atoms with Gasteiger partial charge in [0.2, 0.25) is 5.91 Å². The van der Waals surface area contributed by atoms with Gasteiger partial charge in [0.1, 0.15) is 5.54 Å². The molecule has 0 aromatic heterocycles. The third-order valence-corrected chi connectivity index (χ3v) is 5.70. The third kappa shape index (κ3) is 3.65. The smallest absolute Gasteiger partial charge is 0.242 e. The van der Waals surface area contributed by atoms with E-state index < -0.39 is 0 Å². The molecule has 1 amide bonds. The minimum Gasteiger partial charge on any atom is -0.347 e. The minimum absolute atomic E-state index is 0.267. The first-order valence-electron chi connectivity index (χ1n) is 9.35. The van der Waals surface area contributed by atoms with Crippen molar-refractivity contribution in [3.8, 4) is 0 Å². The second-order valence-electron chi connectivity index (χ2n) is 7.54. The average Bonchev–Trinajstić information content (AvgIpc) is 2.63. The van der Waals surface area contributed by atoms with Gasteiger partial charge in [-0.05, 0) is 44.3 Å². The summed E-state index contributed by atoms with van der Waals surface area (Å²) in [5, 5.41) is 0. The molecule has 24 heavy (non-hydrogen) atoms. The molecule has 1 aromatic rings. The number of amides is 1. The fraction of sp³-hybridized carbons (Fsp3) is 0.650. The largest absolute Gasteiger partial charge is 0.347 e. The molecule has 0 saturated carbocycles. The van der Waals surface area contributed by atoms with Crippen LogP contribution in [-0.2, 0) is 11.3 Å². The SMILES string of the molecule is CN(C)C(=O)C1(N2CCCCC2)CCN(Cc2ccccc2)CC1. The van der Waals surface area contributed by atoms with Crippen molar-refractivity contribution in [1.29, 1.82) is 0 Å². The summed E-state index contributed by atoms with van der Waals surface area (Å²) in [7, 11) is 3.81. The zero-order valence-electron chi connectivity index (χ0n) is 15.2. The lowest BCUT2D eigenvalue weighted by molar-refractivity contribution is -0.147. The summed E-state index contributed by atoms with van der Waals surface area (Å²) in [6.45, 7) is 5.17. The van der Waals surface area contributed by atoms with Crippen LogP contribution in [0.1, 0.15) is 37.7 Å². The van der Waals surface area contributed by atoms with Crippen LogP contribution in [0.25, 0.3) is 0 Å². The quantitative estimate of drug-likeness (QED) is 0.849. The highest BCUT2D eigenvalue weighted by Gasteiger charge is 2.46. The van der Waals surface area contributed by atoms with Crippen molar-refractivity contribution in [2.45, 2.75) is 44.2 Å². The van der Waals surface area contributed by atoms with Gasteiger partial charge in [-0.1, -0.05) is 36.8 Å². The van der Waals surface area contributed by atoms with Crippen molar-refractivity contribution in [2.75, 3.05) is 40.3 Å². The number of likely N-dealkylation sites (tertiary alicyclic amines) is 2. The van der Waals surface area contributed by atoms with Crippen LogP contribution in [0.2, 0.25) is 0 Å². The summed E-state index contributed by atoms with van der Waals surface area (Å²) in [5.74, 6) is 0.309. The molecule has 2 fully saturated rings. The summed E-state index contributed by atoms with van der Waals surface area (Å²) in [4.78, 5) is 19.9. The van der Waals surface area contributed by atoms with Crippen LogP contribution < -0.4 is 0 Å². The Morgan fingerprint density at radius 2 is 1.62 bits per heavy atom. The Balaban J connectivity index is 1.69. The zero-order valence-corrected chi connectivity index (χ0v) is 15.2. The van der Waals surface area contributed by atoms with E-state index in [0.29, 0.717) is 5.91 Å². The summed E-state index contributed by atoms with van der Waals surface area (Å²) < 4.78 is 0. The first kappa shape index (κ1) is 17.4.